The Bertz CT molecular complexity index is 414. The normalized spacial score (nSPS) is 10.5. The summed E-state index contributed by atoms with van der Waals surface area (Å²) in [5.41, 5.74) is 6.80. The van der Waals surface area contributed by atoms with E-state index in [9.17, 15) is 4.79 Å². The SMILES string of the molecule is CCC(CC)N(C)C(=O)c1c(N)cccc1OC. The van der Waals surface area contributed by atoms with E-state index in [1.165, 1.54) is 0 Å². The molecular weight excluding hydrogens is 228 g/mol. The number of hydrogen-bond acceptors (Lipinski definition) is 3. The standard InChI is InChI=1S/C14H22N2O2/c1-5-10(6-2)16(3)14(17)13-11(15)8-7-9-12(13)18-4/h7-10H,5-6,15H2,1-4H3. The van der Waals surface area contributed by atoms with Crippen LogP contribution in [-0.2, 0) is 0 Å². The van der Waals surface area contributed by atoms with Crippen molar-refractivity contribution < 1.29 is 9.53 Å². The molecule has 0 saturated heterocycles. The van der Waals surface area contributed by atoms with Gasteiger partial charge < -0.3 is 15.4 Å². The Hall–Kier alpha value is -1.71. The van der Waals surface area contributed by atoms with Crippen LogP contribution in [0.4, 0.5) is 5.69 Å². The molecule has 2 N–H and O–H groups in total. The third-order valence-corrected chi connectivity index (χ3v) is 3.30. The fourth-order valence-corrected chi connectivity index (χ4v) is 2.13. The van der Waals surface area contributed by atoms with Gasteiger partial charge >= 0.3 is 0 Å². The van der Waals surface area contributed by atoms with Gasteiger partial charge in [0.15, 0.2) is 0 Å². The Morgan fingerprint density at radius 1 is 1.39 bits per heavy atom. The lowest BCUT2D eigenvalue weighted by Crippen LogP contribution is -2.36. The Balaban J connectivity index is 3.10. The van der Waals surface area contributed by atoms with E-state index in [4.69, 9.17) is 10.5 Å². The first-order valence-corrected chi connectivity index (χ1v) is 6.26. The summed E-state index contributed by atoms with van der Waals surface area (Å²) < 4.78 is 5.22. The number of methoxy groups -OCH3 is 1. The van der Waals surface area contributed by atoms with Crippen LogP contribution in [0.5, 0.6) is 5.75 Å². The van der Waals surface area contributed by atoms with Gasteiger partial charge in [-0.2, -0.15) is 0 Å². The molecular formula is C14H22N2O2. The Morgan fingerprint density at radius 3 is 2.50 bits per heavy atom. The number of nitrogens with two attached hydrogens (primary N) is 1. The van der Waals surface area contributed by atoms with Gasteiger partial charge in [0.25, 0.3) is 5.91 Å². The molecule has 0 heterocycles. The summed E-state index contributed by atoms with van der Waals surface area (Å²) in [4.78, 5) is 14.2. The first-order chi connectivity index (χ1) is 8.56. The fraction of sp³-hybridized carbons (Fsp3) is 0.500. The molecule has 4 nitrogen and oxygen atoms in total. The number of hydrogen-bond donors (Lipinski definition) is 1. The van der Waals surface area contributed by atoms with Crippen molar-refractivity contribution in [1.82, 2.24) is 4.90 Å². The van der Waals surface area contributed by atoms with E-state index in [0.29, 0.717) is 17.0 Å². The molecule has 1 aromatic rings. The van der Waals surface area contributed by atoms with Crippen LogP contribution in [0.25, 0.3) is 0 Å². The summed E-state index contributed by atoms with van der Waals surface area (Å²) in [6.07, 6.45) is 1.85. The predicted octanol–water partition coefficient (Wildman–Crippen LogP) is 2.54. The van der Waals surface area contributed by atoms with Crippen LogP contribution in [0.3, 0.4) is 0 Å². The lowest BCUT2D eigenvalue weighted by atomic mass is 10.1. The maximum absolute atomic E-state index is 12.5. The summed E-state index contributed by atoms with van der Waals surface area (Å²) in [5, 5.41) is 0. The van der Waals surface area contributed by atoms with Crippen LogP contribution >= 0.6 is 0 Å². The lowest BCUT2D eigenvalue weighted by molar-refractivity contribution is 0.0721. The van der Waals surface area contributed by atoms with Gasteiger partial charge in [0.2, 0.25) is 0 Å². The maximum atomic E-state index is 12.5. The zero-order valence-corrected chi connectivity index (χ0v) is 11.6. The average molecular weight is 250 g/mol. The van der Waals surface area contributed by atoms with Crippen molar-refractivity contribution in [2.75, 3.05) is 19.9 Å². The number of amides is 1. The number of nitrogen functional groups attached to an aromatic ring is 1. The highest BCUT2D eigenvalue weighted by Crippen LogP contribution is 2.26. The van der Waals surface area contributed by atoms with E-state index >= 15 is 0 Å². The molecule has 18 heavy (non-hydrogen) atoms. The Labute approximate surface area is 109 Å². The van der Waals surface area contributed by atoms with Crippen LogP contribution in [0, 0.1) is 0 Å². The quantitative estimate of drug-likeness (QED) is 0.817. The van der Waals surface area contributed by atoms with E-state index in [1.807, 2.05) is 7.05 Å². The molecule has 1 rings (SSSR count). The Kier molecular flexibility index (Phi) is 5.01. The molecule has 1 amide bonds. The van der Waals surface area contributed by atoms with E-state index in [1.54, 1.807) is 30.2 Å². The molecule has 0 aliphatic heterocycles. The molecule has 0 radical (unpaired) electrons. The van der Waals surface area contributed by atoms with Crippen molar-refractivity contribution in [1.29, 1.82) is 0 Å². The molecule has 0 bridgehead atoms. The smallest absolute Gasteiger partial charge is 0.259 e. The second kappa shape index (κ2) is 6.28. The molecule has 4 heteroatoms. The van der Waals surface area contributed by atoms with Gasteiger partial charge in [-0.05, 0) is 25.0 Å². The molecule has 0 aliphatic carbocycles. The van der Waals surface area contributed by atoms with Crippen LogP contribution in [0.15, 0.2) is 18.2 Å². The highest BCUT2D eigenvalue weighted by molar-refractivity contribution is 6.01. The van der Waals surface area contributed by atoms with Crippen molar-refractivity contribution in [3.63, 3.8) is 0 Å². The van der Waals surface area contributed by atoms with Gasteiger partial charge in [0.1, 0.15) is 11.3 Å². The van der Waals surface area contributed by atoms with Crippen molar-refractivity contribution in [3.05, 3.63) is 23.8 Å². The number of carbonyl (C=O) groups excluding carboxylic acids is 1. The van der Waals surface area contributed by atoms with Crippen LogP contribution in [0.2, 0.25) is 0 Å². The van der Waals surface area contributed by atoms with Gasteiger partial charge in [-0.15, -0.1) is 0 Å². The van der Waals surface area contributed by atoms with E-state index < -0.39 is 0 Å². The van der Waals surface area contributed by atoms with Crippen molar-refractivity contribution in [3.8, 4) is 5.75 Å². The van der Waals surface area contributed by atoms with E-state index in [2.05, 4.69) is 13.8 Å². The fourth-order valence-electron chi connectivity index (χ4n) is 2.13. The number of benzene rings is 1. The molecule has 100 valence electrons. The van der Waals surface area contributed by atoms with Gasteiger partial charge in [-0.1, -0.05) is 19.9 Å². The van der Waals surface area contributed by atoms with Crippen LogP contribution in [0.1, 0.15) is 37.0 Å². The number of ether oxygens (including phenoxy) is 1. The number of rotatable bonds is 5. The zero-order chi connectivity index (χ0) is 13.7. The first-order valence-electron chi connectivity index (χ1n) is 6.26. The number of nitrogens with zero attached hydrogens (tertiary/aromatic N) is 1. The summed E-state index contributed by atoms with van der Waals surface area (Å²) in [6.45, 7) is 4.15. The van der Waals surface area contributed by atoms with Gasteiger partial charge in [-0.25, -0.2) is 0 Å². The minimum absolute atomic E-state index is 0.0846. The molecule has 0 unspecified atom stereocenters. The Morgan fingerprint density at radius 2 is 2.00 bits per heavy atom. The topological polar surface area (TPSA) is 55.6 Å². The minimum atomic E-state index is -0.0846. The first kappa shape index (κ1) is 14.4. The van der Waals surface area contributed by atoms with Crippen LogP contribution < -0.4 is 10.5 Å². The second-order valence-electron chi connectivity index (χ2n) is 4.31. The van der Waals surface area contributed by atoms with Gasteiger partial charge in [0.05, 0.1) is 7.11 Å². The summed E-state index contributed by atoms with van der Waals surface area (Å²) in [7, 11) is 3.36. The van der Waals surface area contributed by atoms with E-state index in [0.717, 1.165) is 12.8 Å². The molecule has 0 spiro atoms. The molecule has 1 aromatic carbocycles. The molecule has 0 fully saturated rings. The predicted molar refractivity (Wildman–Crippen MR) is 73.9 cm³/mol. The number of carbonyl (C=O) groups is 1. The largest absolute Gasteiger partial charge is 0.496 e. The van der Waals surface area contributed by atoms with E-state index in [-0.39, 0.29) is 11.9 Å². The molecule has 0 aromatic heterocycles. The third kappa shape index (κ3) is 2.75. The van der Waals surface area contributed by atoms with Crippen molar-refractivity contribution in [2.24, 2.45) is 0 Å². The van der Waals surface area contributed by atoms with Crippen molar-refractivity contribution >= 4 is 11.6 Å². The maximum Gasteiger partial charge on any atom is 0.259 e. The number of anilines is 1. The molecule has 0 saturated carbocycles. The molecule has 0 aliphatic rings. The van der Waals surface area contributed by atoms with Gasteiger partial charge in [-0.3, -0.25) is 4.79 Å². The monoisotopic (exact) mass is 250 g/mol. The third-order valence-electron chi connectivity index (χ3n) is 3.30. The van der Waals surface area contributed by atoms with Gasteiger partial charge in [0, 0.05) is 18.8 Å². The summed E-state index contributed by atoms with van der Waals surface area (Å²) in [6, 6.07) is 5.48. The zero-order valence-electron chi connectivity index (χ0n) is 11.6. The molecule has 0 atom stereocenters. The summed E-state index contributed by atoms with van der Waals surface area (Å²) in [5.74, 6) is 0.441. The lowest BCUT2D eigenvalue weighted by Gasteiger charge is -2.27. The minimum Gasteiger partial charge on any atom is -0.496 e. The highest BCUT2D eigenvalue weighted by atomic mass is 16.5. The second-order valence-corrected chi connectivity index (χ2v) is 4.31. The highest BCUT2D eigenvalue weighted by Gasteiger charge is 2.23. The van der Waals surface area contributed by atoms with Crippen LogP contribution in [-0.4, -0.2) is 31.0 Å². The summed E-state index contributed by atoms with van der Waals surface area (Å²) >= 11 is 0. The average Bonchev–Trinajstić information content (AvgIpc) is 2.38. The van der Waals surface area contributed by atoms with Crippen molar-refractivity contribution in [2.45, 2.75) is 32.7 Å².